The molecule has 1 N–H and O–H groups in total. The van der Waals surface area contributed by atoms with Crippen molar-refractivity contribution in [2.45, 2.75) is 49.0 Å². The molecule has 5 atom stereocenters. The van der Waals surface area contributed by atoms with Crippen molar-refractivity contribution < 1.29 is 9.67 Å². The third kappa shape index (κ3) is 2.66. The van der Waals surface area contributed by atoms with Crippen molar-refractivity contribution in [3.05, 3.63) is 71.8 Å². The standard InChI is InChI=1S/C21H25O2P/c22-21-14-8-7-13-19(21)18(16-9-3-1-4-10-16)15-20(24(21)23)17-11-5-2-6-12-17/h1-6,9-12,18-20,22,24H,7-8,13-15H2/t18-,19-,20+,21+/m1/s1. The van der Waals surface area contributed by atoms with Crippen LogP contribution >= 0.6 is 7.80 Å². The molecule has 0 bridgehead atoms. The van der Waals surface area contributed by atoms with E-state index in [0.29, 0.717) is 12.3 Å². The fourth-order valence-electron chi connectivity index (χ4n) is 4.89. The molecule has 2 aliphatic rings. The summed E-state index contributed by atoms with van der Waals surface area (Å²) in [7, 11) is -2.11. The van der Waals surface area contributed by atoms with Gasteiger partial charge in [0.05, 0.1) is 0 Å². The minimum Gasteiger partial charge on any atom is -0.382 e. The molecule has 24 heavy (non-hydrogen) atoms. The van der Waals surface area contributed by atoms with E-state index in [9.17, 15) is 9.67 Å². The maximum absolute atomic E-state index is 13.4. The minimum atomic E-state index is -2.11. The van der Waals surface area contributed by atoms with Crippen LogP contribution in [-0.4, -0.2) is 10.4 Å². The predicted octanol–water partition coefficient (Wildman–Crippen LogP) is 5.35. The Morgan fingerprint density at radius 2 is 1.54 bits per heavy atom. The molecule has 2 aromatic carbocycles. The summed E-state index contributed by atoms with van der Waals surface area (Å²) < 4.78 is 13.4. The maximum atomic E-state index is 13.4. The van der Waals surface area contributed by atoms with Gasteiger partial charge in [0.15, 0.2) is 0 Å². The highest BCUT2D eigenvalue weighted by atomic mass is 31.1. The van der Waals surface area contributed by atoms with Crippen LogP contribution in [0.15, 0.2) is 60.7 Å². The second-order valence-corrected chi connectivity index (χ2v) is 9.65. The van der Waals surface area contributed by atoms with Gasteiger partial charge in [0.25, 0.3) is 0 Å². The van der Waals surface area contributed by atoms with Gasteiger partial charge in [-0.2, -0.15) is 0 Å². The molecule has 0 radical (unpaired) electrons. The van der Waals surface area contributed by atoms with Crippen molar-refractivity contribution >= 4 is 7.80 Å². The smallest absolute Gasteiger partial charge is 0.119 e. The quantitative estimate of drug-likeness (QED) is 0.748. The summed E-state index contributed by atoms with van der Waals surface area (Å²) >= 11 is 0. The highest BCUT2D eigenvalue weighted by molar-refractivity contribution is 7.46. The monoisotopic (exact) mass is 340 g/mol. The van der Waals surface area contributed by atoms with E-state index in [1.807, 2.05) is 24.3 Å². The van der Waals surface area contributed by atoms with Crippen molar-refractivity contribution in [1.82, 2.24) is 0 Å². The molecule has 0 aromatic heterocycles. The van der Waals surface area contributed by atoms with Crippen LogP contribution in [0.5, 0.6) is 0 Å². The number of hydrogen-bond acceptors (Lipinski definition) is 2. The predicted molar refractivity (Wildman–Crippen MR) is 98.9 cm³/mol. The first-order valence-electron chi connectivity index (χ1n) is 9.07. The lowest BCUT2D eigenvalue weighted by atomic mass is 9.72. The van der Waals surface area contributed by atoms with Gasteiger partial charge in [-0.1, -0.05) is 73.5 Å². The second kappa shape index (κ2) is 6.50. The largest absolute Gasteiger partial charge is 0.382 e. The van der Waals surface area contributed by atoms with E-state index >= 15 is 0 Å². The van der Waals surface area contributed by atoms with Crippen LogP contribution in [0.25, 0.3) is 0 Å². The van der Waals surface area contributed by atoms with Gasteiger partial charge in [-0.25, -0.2) is 0 Å². The Balaban J connectivity index is 1.77. The molecule has 2 aromatic rings. The zero-order valence-corrected chi connectivity index (χ0v) is 14.9. The Bertz CT molecular complexity index is 715. The van der Waals surface area contributed by atoms with Gasteiger partial charge >= 0.3 is 0 Å². The zero-order chi connectivity index (χ0) is 16.6. The summed E-state index contributed by atoms with van der Waals surface area (Å²) in [6.07, 6.45) is 4.71. The van der Waals surface area contributed by atoms with Crippen LogP contribution < -0.4 is 0 Å². The maximum Gasteiger partial charge on any atom is 0.119 e. The number of benzene rings is 2. The normalized spacial score (nSPS) is 36.0. The molecule has 2 fully saturated rings. The Labute approximate surface area is 144 Å². The molecule has 1 saturated heterocycles. The number of hydrogen-bond donors (Lipinski definition) is 1. The molecule has 4 rings (SSSR count). The first-order valence-corrected chi connectivity index (χ1v) is 10.6. The minimum absolute atomic E-state index is 0.0132. The molecular formula is C21H25O2P. The summed E-state index contributed by atoms with van der Waals surface area (Å²) in [5.74, 6) is 0.435. The molecule has 3 heteroatoms. The van der Waals surface area contributed by atoms with Gasteiger partial charge in [-0.3, -0.25) is 0 Å². The van der Waals surface area contributed by atoms with Crippen molar-refractivity contribution in [3.63, 3.8) is 0 Å². The van der Waals surface area contributed by atoms with Crippen molar-refractivity contribution in [2.24, 2.45) is 5.92 Å². The summed E-state index contributed by atoms with van der Waals surface area (Å²) in [4.78, 5) is 0. The molecule has 126 valence electrons. The van der Waals surface area contributed by atoms with Gasteiger partial charge in [-0.05, 0) is 36.3 Å². The molecular weight excluding hydrogens is 315 g/mol. The van der Waals surface area contributed by atoms with Crippen molar-refractivity contribution in [3.8, 4) is 0 Å². The topological polar surface area (TPSA) is 37.3 Å². The van der Waals surface area contributed by atoms with E-state index < -0.39 is 13.1 Å². The van der Waals surface area contributed by atoms with Gasteiger partial charge in [0.2, 0.25) is 0 Å². The summed E-state index contributed by atoms with van der Waals surface area (Å²) in [5.41, 5.74) is 2.40. The Morgan fingerprint density at radius 3 is 2.21 bits per heavy atom. The van der Waals surface area contributed by atoms with Crippen LogP contribution in [-0.2, 0) is 4.57 Å². The van der Waals surface area contributed by atoms with E-state index in [1.54, 1.807) is 0 Å². The molecule has 1 aliphatic carbocycles. The van der Waals surface area contributed by atoms with Crippen LogP contribution in [0.1, 0.15) is 54.8 Å². The van der Waals surface area contributed by atoms with Gasteiger partial charge < -0.3 is 9.67 Å². The average Bonchev–Trinajstić information content (AvgIpc) is 2.64. The molecule has 1 aliphatic heterocycles. The van der Waals surface area contributed by atoms with E-state index in [2.05, 4.69) is 36.4 Å². The molecule has 0 unspecified atom stereocenters. The fraction of sp³-hybridized carbons (Fsp3) is 0.429. The van der Waals surface area contributed by atoms with Crippen LogP contribution in [0.4, 0.5) is 0 Å². The number of aliphatic hydroxyl groups is 1. The Hall–Kier alpha value is -1.37. The molecule has 0 spiro atoms. The number of rotatable bonds is 2. The first kappa shape index (κ1) is 16.1. The lowest BCUT2D eigenvalue weighted by Crippen LogP contribution is -2.44. The molecule has 1 saturated carbocycles. The Kier molecular flexibility index (Phi) is 4.37. The molecule has 0 amide bonds. The summed E-state index contributed by atoms with van der Waals surface area (Å²) in [6, 6.07) is 20.7. The lowest BCUT2D eigenvalue weighted by Gasteiger charge is -2.50. The lowest BCUT2D eigenvalue weighted by molar-refractivity contribution is 0.00307. The van der Waals surface area contributed by atoms with Crippen LogP contribution in [0.3, 0.4) is 0 Å². The van der Waals surface area contributed by atoms with E-state index in [4.69, 9.17) is 0 Å². The van der Waals surface area contributed by atoms with Crippen molar-refractivity contribution in [2.75, 3.05) is 0 Å². The van der Waals surface area contributed by atoms with Gasteiger partial charge in [0, 0.05) is 11.6 Å². The second-order valence-electron chi connectivity index (χ2n) is 7.36. The molecule has 2 nitrogen and oxygen atoms in total. The third-order valence-electron chi connectivity index (χ3n) is 6.08. The van der Waals surface area contributed by atoms with E-state index in [0.717, 1.165) is 31.2 Å². The van der Waals surface area contributed by atoms with E-state index in [1.165, 1.54) is 5.56 Å². The highest BCUT2D eigenvalue weighted by Crippen LogP contribution is 2.67. The summed E-state index contributed by atoms with van der Waals surface area (Å²) in [5, 5.41) is 10.5. The van der Waals surface area contributed by atoms with Crippen LogP contribution in [0, 0.1) is 5.92 Å². The highest BCUT2D eigenvalue weighted by Gasteiger charge is 2.54. The Morgan fingerprint density at radius 1 is 0.917 bits per heavy atom. The molecule has 1 heterocycles. The third-order valence-corrected chi connectivity index (χ3v) is 8.76. The number of fused-ring (bicyclic) bond motifs is 1. The van der Waals surface area contributed by atoms with Gasteiger partial charge in [-0.15, -0.1) is 0 Å². The average molecular weight is 340 g/mol. The fourth-order valence-corrected chi connectivity index (χ4v) is 7.59. The van der Waals surface area contributed by atoms with Crippen LogP contribution in [0.2, 0.25) is 0 Å². The zero-order valence-electron chi connectivity index (χ0n) is 13.9. The van der Waals surface area contributed by atoms with Gasteiger partial charge in [0.1, 0.15) is 13.1 Å². The van der Waals surface area contributed by atoms with Crippen molar-refractivity contribution in [1.29, 1.82) is 0 Å². The first-order chi connectivity index (χ1) is 11.7. The SMILES string of the molecule is O=[P@H]1[C@H](c2ccccc2)C[C@H](c2ccccc2)[C@H]2CCCC[C@@]21O. The van der Waals surface area contributed by atoms with E-state index in [-0.39, 0.29) is 11.6 Å². The summed E-state index contributed by atoms with van der Waals surface area (Å²) in [6.45, 7) is 0.